The maximum Gasteiger partial charge on any atom is 0.190 e. The average molecular weight is 419 g/mol. The summed E-state index contributed by atoms with van der Waals surface area (Å²) in [6.45, 7) is 6.94. The van der Waals surface area contributed by atoms with Gasteiger partial charge in [0.05, 0.1) is 12.2 Å². The normalized spacial score (nSPS) is 18.8. The van der Waals surface area contributed by atoms with Gasteiger partial charge < -0.3 is 4.90 Å². The van der Waals surface area contributed by atoms with E-state index in [2.05, 4.69) is 47.1 Å². The SMILES string of the molecule is Cc1ccccc1CN1CCN(CC(=O)/C(C#N)=C2\Sc3ccccc3N2C)CC1. The third-order valence-electron chi connectivity index (χ3n) is 5.83. The summed E-state index contributed by atoms with van der Waals surface area (Å²) < 4.78 is 0. The fourth-order valence-corrected chi connectivity index (χ4v) is 5.13. The summed E-state index contributed by atoms with van der Waals surface area (Å²) in [4.78, 5) is 20.6. The first kappa shape index (κ1) is 20.7. The molecule has 6 heteroatoms. The molecule has 0 bridgehead atoms. The topological polar surface area (TPSA) is 50.6 Å². The molecule has 2 aliphatic heterocycles. The van der Waals surface area contributed by atoms with E-state index in [-0.39, 0.29) is 11.4 Å². The molecule has 2 aromatic rings. The molecule has 0 aliphatic carbocycles. The predicted octanol–water partition coefficient (Wildman–Crippen LogP) is 3.66. The lowest BCUT2D eigenvalue weighted by Crippen LogP contribution is -2.47. The predicted molar refractivity (Wildman–Crippen MR) is 121 cm³/mol. The highest BCUT2D eigenvalue weighted by atomic mass is 32.2. The van der Waals surface area contributed by atoms with Crippen LogP contribution in [0.15, 0.2) is 64.0 Å². The van der Waals surface area contributed by atoms with Gasteiger partial charge in [-0.05, 0) is 30.2 Å². The lowest BCUT2D eigenvalue weighted by atomic mass is 10.1. The number of Topliss-reactive ketones (excluding diaryl/α,β-unsaturated/α-hetero) is 1. The van der Waals surface area contributed by atoms with Crippen molar-refractivity contribution in [3.8, 4) is 6.07 Å². The van der Waals surface area contributed by atoms with Gasteiger partial charge in [0.25, 0.3) is 0 Å². The Morgan fingerprint density at radius 2 is 1.70 bits per heavy atom. The third kappa shape index (κ3) is 4.29. The average Bonchev–Trinajstić information content (AvgIpc) is 3.08. The highest BCUT2D eigenvalue weighted by Crippen LogP contribution is 2.46. The summed E-state index contributed by atoms with van der Waals surface area (Å²) >= 11 is 1.51. The number of carbonyl (C=O) groups is 1. The fraction of sp³-hybridized carbons (Fsp3) is 0.333. The molecule has 0 radical (unpaired) electrons. The number of anilines is 1. The van der Waals surface area contributed by atoms with Gasteiger partial charge in [-0.25, -0.2) is 0 Å². The number of piperazine rings is 1. The summed E-state index contributed by atoms with van der Waals surface area (Å²) in [5, 5.41) is 10.5. The van der Waals surface area contributed by atoms with Crippen LogP contribution in [0.1, 0.15) is 11.1 Å². The van der Waals surface area contributed by atoms with Gasteiger partial charge in [0.2, 0.25) is 0 Å². The molecule has 1 saturated heterocycles. The van der Waals surface area contributed by atoms with Crippen molar-refractivity contribution in [2.24, 2.45) is 0 Å². The van der Waals surface area contributed by atoms with Crippen molar-refractivity contribution >= 4 is 23.2 Å². The van der Waals surface area contributed by atoms with E-state index >= 15 is 0 Å². The zero-order valence-electron chi connectivity index (χ0n) is 17.5. The number of aryl methyl sites for hydroxylation is 1. The number of benzene rings is 2. The maximum atomic E-state index is 13.0. The Morgan fingerprint density at radius 3 is 2.40 bits per heavy atom. The Labute approximate surface area is 182 Å². The first-order valence-corrected chi connectivity index (χ1v) is 11.1. The molecule has 2 heterocycles. The second kappa shape index (κ2) is 9.05. The minimum Gasteiger partial charge on any atom is -0.337 e. The largest absolute Gasteiger partial charge is 0.337 e. The van der Waals surface area contributed by atoms with E-state index in [9.17, 15) is 10.1 Å². The molecule has 0 N–H and O–H groups in total. The monoisotopic (exact) mass is 418 g/mol. The van der Waals surface area contributed by atoms with Crippen molar-refractivity contribution in [3.63, 3.8) is 0 Å². The molecule has 0 spiro atoms. The molecular weight excluding hydrogens is 392 g/mol. The van der Waals surface area contributed by atoms with Gasteiger partial charge in [0, 0.05) is 44.7 Å². The van der Waals surface area contributed by atoms with Crippen molar-refractivity contribution in [2.45, 2.75) is 18.4 Å². The highest BCUT2D eigenvalue weighted by Gasteiger charge is 2.29. The third-order valence-corrected chi connectivity index (χ3v) is 7.07. The maximum absolute atomic E-state index is 13.0. The van der Waals surface area contributed by atoms with E-state index in [1.54, 1.807) is 0 Å². The molecule has 154 valence electrons. The van der Waals surface area contributed by atoms with E-state index in [4.69, 9.17) is 0 Å². The summed E-state index contributed by atoms with van der Waals surface area (Å²) in [6, 6.07) is 18.7. The summed E-state index contributed by atoms with van der Waals surface area (Å²) in [6.07, 6.45) is 0. The zero-order valence-corrected chi connectivity index (χ0v) is 18.3. The first-order chi connectivity index (χ1) is 14.6. The number of nitriles is 1. The number of fused-ring (bicyclic) bond motifs is 1. The second-order valence-electron chi connectivity index (χ2n) is 7.82. The lowest BCUT2D eigenvalue weighted by molar-refractivity contribution is -0.116. The van der Waals surface area contributed by atoms with Crippen LogP contribution in [0, 0.1) is 18.3 Å². The van der Waals surface area contributed by atoms with Crippen LogP contribution >= 0.6 is 11.8 Å². The summed E-state index contributed by atoms with van der Waals surface area (Å²) in [5.74, 6) is -0.0907. The van der Waals surface area contributed by atoms with E-state index < -0.39 is 0 Å². The molecule has 0 unspecified atom stereocenters. The van der Waals surface area contributed by atoms with E-state index in [1.807, 2.05) is 36.2 Å². The Balaban J connectivity index is 1.37. The van der Waals surface area contributed by atoms with Gasteiger partial charge in [-0.15, -0.1) is 0 Å². The number of ketones is 1. The molecule has 5 nitrogen and oxygen atoms in total. The Kier molecular flexibility index (Phi) is 6.24. The fourth-order valence-electron chi connectivity index (χ4n) is 3.97. The molecule has 4 rings (SSSR count). The Hall–Kier alpha value is -2.59. The van der Waals surface area contributed by atoms with Crippen LogP contribution in [0.25, 0.3) is 0 Å². The zero-order chi connectivity index (χ0) is 21.1. The summed E-state index contributed by atoms with van der Waals surface area (Å²) in [7, 11) is 1.92. The van der Waals surface area contributed by atoms with Crippen molar-refractivity contribution in [2.75, 3.05) is 44.7 Å². The quantitative estimate of drug-likeness (QED) is 0.546. The molecule has 30 heavy (non-hydrogen) atoms. The second-order valence-corrected chi connectivity index (χ2v) is 8.85. The number of hydrogen-bond donors (Lipinski definition) is 0. The first-order valence-electron chi connectivity index (χ1n) is 10.2. The number of thioether (sulfide) groups is 1. The van der Waals surface area contributed by atoms with E-state index in [1.165, 1.54) is 22.9 Å². The molecule has 0 amide bonds. The number of hydrogen-bond acceptors (Lipinski definition) is 6. The number of para-hydroxylation sites is 1. The molecule has 0 atom stereocenters. The molecular formula is C24H26N4OS. The van der Waals surface area contributed by atoms with Crippen LogP contribution in [0.4, 0.5) is 5.69 Å². The van der Waals surface area contributed by atoms with Gasteiger partial charge >= 0.3 is 0 Å². The van der Waals surface area contributed by atoms with Crippen LogP contribution in [-0.4, -0.2) is 55.4 Å². The van der Waals surface area contributed by atoms with Crippen molar-refractivity contribution < 1.29 is 4.79 Å². The van der Waals surface area contributed by atoms with E-state index in [0.29, 0.717) is 6.54 Å². The van der Waals surface area contributed by atoms with Crippen molar-refractivity contribution in [3.05, 3.63) is 70.3 Å². The molecule has 0 aromatic heterocycles. The molecule has 1 fully saturated rings. The Morgan fingerprint density at radius 1 is 1.03 bits per heavy atom. The van der Waals surface area contributed by atoms with Gasteiger partial charge in [-0.1, -0.05) is 48.2 Å². The minimum absolute atomic E-state index is 0.0907. The van der Waals surface area contributed by atoms with Crippen LogP contribution in [-0.2, 0) is 11.3 Å². The van der Waals surface area contributed by atoms with Gasteiger partial charge in [-0.3, -0.25) is 14.6 Å². The van der Waals surface area contributed by atoms with Crippen LogP contribution in [0.5, 0.6) is 0 Å². The molecule has 2 aliphatic rings. The molecule has 2 aromatic carbocycles. The number of nitrogens with zero attached hydrogens (tertiary/aromatic N) is 4. The standard InChI is InChI=1S/C24H26N4OS/c1-18-7-3-4-8-19(18)16-27-11-13-28(14-12-27)17-22(29)20(15-25)24-26(2)21-9-5-6-10-23(21)30-24/h3-10H,11-14,16-17H2,1-2H3/b24-20-. The number of rotatable bonds is 5. The summed E-state index contributed by atoms with van der Waals surface area (Å²) in [5.41, 5.74) is 3.99. The van der Waals surface area contributed by atoms with Crippen molar-refractivity contribution in [1.82, 2.24) is 9.80 Å². The van der Waals surface area contributed by atoms with Gasteiger partial charge in [-0.2, -0.15) is 5.26 Å². The van der Waals surface area contributed by atoms with Crippen LogP contribution in [0.3, 0.4) is 0 Å². The smallest absolute Gasteiger partial charge is 0.190 e. The van der Waals surface area contributed by atoms with Gasteiger partial charge in [0.1, 0.15) is 16.7 Å². The van der Waals surface area contributed by atoms with Crippen molar-refractivity contribution in [1.29, 1.82) is 5.26 Å². The highest BCUT2D eigenvalue weighted by molar-refractivity contribution is 8.03. The lowest BCUT2D eigenvalue weighted by Gasteiger charge is -2.34. The molecule has 0 saturated carbocycles. The Bertz CT molecular complexity index is 1020. The van der Waals surface area contributed by atoms with Crippen LogP contribution < -0.4 is 4.90 Å². The minimum atomic E-state index is -0.0907. The number of carbonyl (C=O) groups excluding carboxylic acids is 1. The van der Waals surface area contributed by atoms with Crippen LogP contribution in [0.2, 0.25) is 0 Å². The van der Waals surface area contributed by atoms with Gasteiger partial charge in [0.15, 0.2) is 5.78 Å². The van der Waals surface area contributed by atoms with E-state index in [0.717, 1.165) is 48.3 Å².